The van der Waals surface area contributed by atoms with Crippen LogP contribution in [0, 0.1) is 0 Å². The van der Waals surface area contributed by atoms with Crippen LogP contribution in [0.15, 0.2) is 28.8 Å². The third-order valence-electron chi connectivity index (χ3n) is 4.05. The van der Waals surface area contributed by atoms with Gasteiger partial charge in [-0.25, -0.2) is 0 Å². The molecule has 1 aliphatic rings. The van der Waals surface area contributed by atoms with E-state index in [-0.39, 0.29) is 11.9 Å². The van der Waals surface area contributed by atoms with Gasteiger partial charge in [-0.1, -0.05) is 17.3 Å². The maximum absolute atomic E-state index is 11.9. The van der Waals surface area contributed by atoms with Crippen molar-refractivity contribution in [2.24, 2.45) is 0 Å². The van der Waals surface area contributed by atoms with E-state index >= 15 is 0 Å². The van der Waals surface area contributed by atoms with Crippen LogP contribution in [0.4, 0.5) is 0 Å². The van der Waals surface area contributed by atoms with Crippen LogP contribution in [0.25, 0.3) is 0 Å². The molecule has 2 aromatic rings. The summed E-state index contributed by atoms with van der Waals surface area (Å²) >= 11 is 0. The molecule has 1 aromatic heterocycles. The van der Waals surface area contributed by atoms with Crippen molar-refractivity contribution in [3.05, 3.63) is 41.5 Å². The van der Waals surface area contributed by atoms with Gasteiger partial charge in [-0.2, -0.15) is 4.98 Å². The van der Waals surface area contributed by atoms with Crippen LogP contribution in [-0.2, 0) is 17.6 Å². The zero-order valence-electron chi connectivity index (χ0n) is 13.7. The van der Waals surface area contributed by atoms with Crippen molar-refractivity contribution in [3.63, 3.8) is 0 Å². The lowest BCUT2D eigenvalue weighted by atomic mass is 10.1. The van der Waals surface area contributed by atoms with E-state index in [1.54, 1.807) is 7.11 Å². The van der Waals surface area contributed by atoms with Gasteiger partial charge in [-0.15, -0.1) is 0 Å². The number of rotatable bonds is 7. The number of amides is 1. The first-order chi connectivity index (χ1) is 11.7. The molecule has 1 fully saturated rings. The second-order valence-electron chi connectivity index (χ2n) is 5.82. The first-order valence-electron chi connectivity index (χ1n) is 8.20. The molecule has 128 valence electrons. The molecule has 7 nitrogen and oxygen atoms in total. The lowest BCUT2D eigenvalue weighted by Gasteiger charge is -2.09. The Bertz CT molecular complexity index is 663. The summed E-state index contributed by atoms with van der Waals surface area (Å²) in [5, 5.41) is 10.1. The topological polar surface area (TPSA) is 89.3 Å². The van der Waals surface area contributed by atoms with E-state index in [4.69, 9.17) is 9.26 Å². The highest BCUT2D eigenvalue weighted by Crippen LogP contribution is 2.13. The Balaban J connectivity index is 1.45. The minimum Gasteiger partial charge on any atom is -0.497 e. The van der Waals surface area contributed by atoms with Gasteiger partial charge in [0.05, 0.1) is 13.2 Å². The molecule has 0 bridgehead atoms. The summed E-state index contributed by atoms with van der Waals surface area (Å²) in [6.45, 7) is 1.41. The fraction of sp³-hybridized carbons (Fsp3) is 0.471. The quantitative estimate of drug-likeness (QED) is 0.790. The van der Waals surface area contributed by atoms with Gasteiger partial charge in [-0.3, -0.25) is 4.79 Å². The molecule has 2 N–H and O–H groups in total. The van der Waals surface area contributed by atoms with E-state index in [0.29, 0.717) is 31.1 Å². The molecule has 3 rings (SSSR count). The Morgan fingerprint density at radius 3 is 2.96 bits per heavy atom. The first-order valence-corrected chi connectivity index (χ1v) is 8.20. The number of benzene rings is 1. The third-order valence-corrected chi connectivity index (χ3v) is 4.05. The molecule has 0 radical (unpaired) electrons. The Kier molecular flexibility index (Phi) is 5.43. The second kappa shape index (κ2) is 7.92. The van der Waals surface area contributed by atoms with Crippen LogP contribution in [0.5, 0.6) is 5.75 Å². The molecule has 7 heteroatoms. The molecule has 0 aliphatic carbocycles. The van der Waals surface area contributed by atoms with Gasteiger partial charge in [-0.05, 0) is 37.1 Å². The SMILES string of the molecule is COc1ccc(Cc2noc(CCNC(=O)C3CCCN3)n2)cc1. The average molecular weight is 330 g/mol. The monoisotopic (exact) mass is 330 g/mol. The number of carbonyl (C=O) groups excluding carboxylic acids is 1. The van der Waals surface area contributed by atoms with Gasteiger partial charge in [0.2, 0.25) is 11.8 Å². The summed E-state index contributed by atoms with van der Waals surface area (Å²) in [6.07, 6.45) is 3.09. The van der Waals surface area contributed by atoms with Crippen molar-refractivity contribution in [1.29, 1.82) is 0 Å². The minimum atomic E-state index is -0.0571. The number of nitrogens with one attached hydrogen (secondary N) is 2. The maximum Gasteiger partial charge on any atom is 0.237 e. The summed E-state index contributed by atoms with van der Waals surface area (Å²) in [5.41, 5.74) is 1.09. The fourth-order valence-corrected chi connectivity index (χ4v) is 2.71. The van der Waals surface area contributed by atoms with Crippen molar-refractivity contribution in [2.75, 3.05) is 20.2 Å². The van der Waals surface area contributed by atoms with Gasteiger partial charge >= 0.3 is 0 Å². The van der Waals surface area contributed by atoms with Gasteiger partial charge in [0, 0.05) is 19.4 Å². The summed E-state index contributed by atoms with van der Waals surface area (Å²) in [6, 6.07) is 7.71. The molecule has 1 atom stereocenters. The van der Waals surface area contributed by atoms with E-state index in [2.05, 4.69) is 20.8 Å². The largest absolute Gasteiger partial charge is 0.497 e. The highest BCUT2D eigenvalue weighted by atomic mass is 16.5. The predicted molar refractivity (Wildman–Crippen MR) is 87.8 cm³/mol. The molecule has 0 saturated carbocycles. The Morgan fingerprint density at radius 2 is 2.25 bits per heavy atom. The Labute approximate surface area is 140 Å². The van der Waals surface area contributed by atoms with E-state index < -0.39 is 0 Å². The number of methoxy groups -OCH3 is 1. The predicted octanol–water partition coefficient (Wildman–Crippen LogP) is 1.08. The lowest BCUT2D eigenvalue weighted by molar-refractivity contribution is -0.122. The van der Waals surface area contributed by atoms with E-state index in [1.807, 2.05) is 24.3 Å². The number of carbonyl (C=O) groups is 1. The maximum atomic E-state index is 11.9. The van der Waals surface area contributed by atoms with E-state index in [0.717, 1.165) is 30.7 Å². The zero-order valence-corrected chi connectivity index (χ0v) is 13.7. The molecular weight excluding hydrogens is 308 g/mol. The highest BCUT2D eigenvalue weighted by molar-refractivity contribution is 5.81. The first kappa shape index (κ1) is 16.4. The number of hydrogen-bond donors (Lipinski definition) is 2. The molecule has 1 unspecified atom stereocenters. The number of nitrogens with zero attached hydrogens (tertiary/aromatic N) is 2. The van der Waals surface area contributed by atoms with Crippen LogP contribution in [0.1, 0.15) is 30.1 Å². The lowest BCUT2D eigenvalue weighted by Crippen LogP contribution is -2.41. The van der Waals surface area contributed by atoms with E-state index in [1.165, 1.54) is 0 Å². The van der Waals surface area contributed by atoms with E-state index in [9.17, 15) is 4.79 Å². The van der Waals surface area contributed by atoms with Crippen LogP contribution in [0.3, 0.4) is 0 Å². The standard InChI is InChI=1S/C17H22N4O3/c1-23-13-6-4-12(5-7-13)11-15-20-16(24-21-15)8-10-19-17(22)14-3-2-9-18-14/h4-7,14,18H,2-3,8-11H2,1H3,(H,19,22). The van der Waals surface area contributed by atoms with Crippen LogP contribution in [-0.4, -0.2) is 42.3 Å². The number of hydrogen-bond acceptors (Lipinski definition) is 6. The molecule has 0 spiro atoms. The third kappa shape index (κ3) is 4.32. The van der Waals surface area contributed by atoms with Gasteiger partial charge in [0.15, 0.2) is 5.82 Å². The second-order valence-corrected chi connectivity index (χ2v) is 5.82. The summed E-state index contributed by atoms with van der Waals surface area (Å²) in [4.78, 5) is 16.3. The van der Waals surface area contributed by atoms with Crippen molar-refractivity contribution < 1.29 is 14.1 Å². The van der Waals surface area contributed by atoms with Crippen LogP contribution >= 0.6 is 0 Å². The summed E-state index contributed by atoms with van der Waals surface area (Å²) < 4.78 is 10.4. The Morgan fingerprint density at radius 1 is 1.42 bits per heavy atom. The average Bonchev–Trinajstić information content (AvgIpc) is 3.27. The molecule has 2 heterocycles. The molecule has 1 saturated heterocycles. The van der Waals surface area contributed by atoms with Crippen molar-refractivity contribution >= 4 is 5.91 Å². The molecule has 24 heavy (non-hydrogen) atoms. The number of ether oxygens (including phenoxy) is 1. The smallest absolute Gasteiger partial charge is 0.237 e. The van der Waals surface area contributed by atoms with Crippen LogP contribution in [0.2, 0.25) is 0 Å². The number of aromatic nitrogens is 2. The van der Waals surface area contributed by atoms with Crippen molar-refractivity contribution in [3.8, 4) is 5.75 Å². The van der Waals surface area contributed by atoms with Gasteiger partial charge in [0.25, 0.3) is 0 Å². The van der Waals surface area contributed by atoms with Crippen molar-refractivity contribution in [1.82, 2.24) is 20.8 Å². The molecule has 1 amide bonds. The van der Waals surface area contributed by atoms with Crippen LogP contribution < -0.4 is 15.4 Å². The minimum absolute atomic E-state index is 0.0467. The van der Waals surface area contributed by atoms with Crippen molar-refractivity contribution in [2.45, 2.75) is 31.7 Å². The molecule has 1 aromatic carbocycles. The van der Waals surface area contributed by atoms with Gasteiger partial charge < -0.3 is 19.9 Å². The highest BCUT2D eigenvalue weighted by Gasteiger charge is 2.21. The zero-order chi connectivity index (χ0) is 16.8. The Hall–Kier alpha value is -2.41. The molecular formula is C17H22N4O3. The normalized spacial score (nSPS) is 17.0. The molecule has 1 aliphatic heterocycles. The van der Waals surface area contributed by atoms with Gasteiger partial charge in [0.1, 0.15) is 5.75 Å². The summed E-state index contributed by atoms with van der Waals surface area (Å²) in [7, 11) is 1.64. The fourth-order valence-electron chi connectivity index (χ4n) is 2.71. The summed E-state index contributed by atoms with van der Waals surface area (Å²) in [5.74, 6) is 2.04.